The van der Waals surface area contributed by atoms with Gasteiger partial charge in [-0.15, -0.1) is 0 Å². The summed E-state index contributed by atoms with van der Waals surface area (Å²) >= 11 is 0. The fourth-order valence-electron chi connectivity index (χ4n) is 2.14. The number of halogens is 1. The molecule has 1 N–H and O–H groups in total. The molecule has 0 saturated carbocycles. The predicted molar refractivity (Wildman–Crippen MR) is 98.8 cm³/mol. The van der Waals surface area contributed by atoms with Crippen molar-refractivity contribution in [2.24, 2.45) is 0 Å². The van der Waals surface area contributed by atoms with Gasteiger partial charge in [0.15, 0.2) is 6.61 Å². The molecule has 2 aromatic rings. The summed E-state index contributed by atoms with van der Waals surface area (Å²) < 4.78 is 48.4. The number of amides is 1. The van der Waals surface area contributed by atoms with Gasteiger partial charge in [0.2, 0.25) is 15.9 Å². The molecule has 10 heteroatoms. The molecule has 0 bridgehead atoms. The van der Waals surface area contributed by atoms with Crippen LogP contribution in [0.2, 0.25) is 0 Å². The SMILES string of the molecule is COC(=O)COc1cccc(NC(=O)CN(C)S(=O)(=O)c2ccc(F)cc2)c1. The number of likely N-dealkylation sites (N-methyl/N-ethyl adjacent to an activating group) is 1. The first kappa shape index (κ1) is 21.3. The molecule has 0 aliphatic carbocycles. The van der Waals surface area contributed by atoms with E-state index in [1.165, 1.54) is 20.2 Å². The van der Waals surface area contributed by atoms with Crippen LogP contribution in [0, 0.1) is 5.82 Å². The van der Waals surface area contributed by atoms with Gasteiger partial charge in [0.1, 0.15) is 11.6 Å². The maximum absolute atomic E-state index is 13.0. The average Bonchev–Trinajstić information content (AvgIpc) is 2.66. The van der Waals surface area contributed by atoms with Gasteiger partial charge in [-0.3, -0.25) is 4.79 Å². The third-order valence-corrected chi connectivity index (χ3v) is 5.41. The number of hydrogen-bond donors (Lipinski definition) is 1. The lowest BCUT2D eigenvalue weighted by atomic mass is 10.3. The lowest BCUT2D eigenvalue weighted by Crippen LogP contribution is -2.34. The van der Waals surface area contributed by atoms with Crippen molar-refractivity contribution >= 4 is 27.6 Å². The molecule has 0 unspecified atom stereocenters. The number of esters is 1. The Morgan fingerprint density at radius 1 is 1.14 bits per heavy atom. The van der Waals surface area contributed by atoms with Crippen LogP contribution in [0.3, 0.4) is 0 Å². The number of hydrogen-bond acceptors (Lipinski definition) is 6. The largest absolute Gasteiger partial charge is 0.482 e. The highest BCUT2D eigenvalue weighted by atomic mass is 32.2. The maximum atomic E-state index is 13.0. The van der Waals surface area contributed by atoms with Crippen molar-refractivity contribution in [3.05, 3.63) is 54.3 Å². The number of carbonyl (C=O) groups excluding carboxylic acids is 2. The second kappa shape index (κ2) is 9.29. The smallest absolute Gasteiger partial charge is 0.343 e. The molecule has 0 aromatic heterocycles. The minimum absolute atomic E-state index is 0.123. The number of anilines is 1. The van der Waals surface area contributed by atoms with E-state index in [0.29, 0.717) is 11.4 Å². The minimum Gasteiger partial charge on any atom is -0.482 e. The Bertz CT molecular complexity index is 947. The van der Waals surface area contributed by atoms with Gasteiger partial charge in [0.05, 0.1) is 18.6 Å². The Morgan fingerprint density at radius 3 is 2.46 bits per heavy atom. The van der Waals surface area contributed by atoms with Crippen LogP contribution < -0.4 is 10.1 Å². The molecular weight excluding hydrogens is 391 g/mol. The standard InChI is InChI=1S/C18H19FN2O6S/c1-21(28(24,25)16-8-6-13(19)7-9-16)11-17(22)20-14-4-3-5-15(10-14)27-12-18(23)26-2/h3-10H,11-12H2,1-2H3,(H,20,22). The monoisotopic (exact) mass is 410 g/mol. The molecule has 0 fully saturated rings. The lowest BCUT2D eigenvalue weighted by Gasteiger charge is -2.17. The molecule has 0 spiro atoms. The molecule has 0 heterocycles. The first-order valence-corrected chi connectivity index (χ1v) is 9.48. The van der Waals surface area contributed by atoms with Crippen molar-refractivity contribution in [1.82, 2.24) is 4.31 Å². The van der Waals surface area contributed by atoms with Gasteiger partial charge in [-0.05, 0) is 36.4 Å². The molecule has 8 nitrogen and oxygen atoms in total. The summed E-state index contributed by atoms with van der Waals surface area (Å²) in [6.45, 7) is -0.737. The van der Waals surface area contributed by atoms with Gasteiger partial charge in [0.25, 0.3) is 0 Å². The molecule has 1 amide bonds. The van der Waals surface area contributed by atoms with E-state index >= 15 is 0 Å². The van der Waals surface area contributed by atoms with E-state index in [4.69, 9.17) is 4.74 Å². The number of ether oxygens (including phenoxy) is 2. The van der Waals surface area contributed by atoms with Crippen LogP contribution in [0.15, 0.2) is 53.4 Å². The Balaban J connectivity index is 1.99. The summed E-state index contributed by atoms with van der Waals surface area (Å²) in [6, 6.07) is 10.6. The first-order valence-electron chi connectivity index (χ1n) is 8.04. The van der Waals surface area contributed by atoms with Crippen molar-refractivity contribution in [3.8, 4) is 5.75 Å². The van der Waals surface area contributed by atoms with Crippen LogP contribution in [0.4, 0.5) is 10.1 Å². The van der Waals surface area contributed by atoms with Gasteiger partial charge in [-0.2, -0.15) is 4.31 Å². The molecule has 2 rings (SSSR count). The van der Waals surface area contributed by atoms with E-state index in [0.717, 1.165) is 28.6 Å². The second-order valence-corrected chi connectivity index (χ2v) is 7.70. The van der Waals surface area contributed by atoms with Crippen molar-refractivity contribution in [1.29, 1.82) is 0 Å². The van der Waals surface area contributed by atoms with Crippen molar-refractivity contribution in [2.75, 3.05) is 32.6 Å². The zero-order valence-electron chi connectivity index (χ0n) is 15.2. The molecule has 150 valence electrons. The molecule has 0 atom stereocenters. The fraction of sp³-hybridized carbons (Fsp3) is 0.222. The normalized spacial score (nSPS) is 11.1. The third-order valence-electron chi connectivity index (χ3n) is 3.59. The lowest BCUT2D eigenvalue weighted by molar-refractivity contribution is -0.142. The highest BCUT2D eigenvalue weighted by molar-refractivity contribution is 7.89. The van der Waals surface area contributed by atoms with E-state index in [1.807, 2.05) is 0 Å². The number of methoxy groups -OCH3 is 1. The van der Waals surface area contributed by atoms with Crippen molar-refractivity contribution < 1.29 is 31.9 Å². The topological polar surface area (TPSA) is 102 Å². The van der Waals surface area contributed by atoms with Gasteiger partial charge < -0.3 is 14.8 Å². The minimum atomic E-state index is -3.94. The molecule has 0 aliphatic heterocycles. The van der Waals surface area contributed by atoms with Crippen LogP contribution in [0.5, 0.6) is 5.75 Å². The van der Waals surface area contributed by atoms with E-state index in [1.54, 1.807) is 18.2 Å². The summed E-state index contributed by atoms with van der Waals surface area (Å²) in [5.41, 5.74) is 0.361. The Labute approximate surface area is 161 Å². The van der Waals surface area contributed by atoms with Crippen LogP contribution in [0.25, 0.3) is 0 Å². The van der Waals surface area contributed by atoms with Crippen LogP contribution >= 0.6 is 0 Å². The predicted octanol–water partition coefficient (Wildman–Crippen LogP) is 1.64. The van der Waals surface area contributed by atoms with E-state index < -0.39 is 34.3 Å². The van der Waals surface area contributed by atoms with Crippen LogP contribution in [0.1, 0.15) is 0 Å². The summed E-state index contributed by atoms with van der Waals surface area (Å²) in [5.74, 6) is -1.37. The zero-order chi connectivity index (χ0) is 20.7. The molecule has 0 aliphatic rings. The van der Waals surface area contributed by atoms with Gasteiger partial charge in [-0.1, -0.05) is 6.07 Å². The van der Waals surface area contributed by atoms with Gasteiger partial charge in [0, 0.05) is 18.8 Å². The molecule has 0 radical (unpaired) electrons. The highest BCUT2D eigenvalue weighted by Crippen LogP contribution is 2.18. The third kappa shape index (κ3) is 5.76. The van der Waals surface area contributed by atoms with E-state index in [2.05, 4.69) is 10.1 Å². The zero-order valence-corrected chi connectivity index (χ0v) is 16.0. The van der Waals surface area contributed by atoms with Crippen LogP contribution in [-0.4, -0.2) is 51.9 Å². The maximum Gasteiger partial charge on any atom is 0.343 e. The number of nitrogens with zero attached hydrogens (tertiary/aromatic N) is 1. The van der Waals surface area contributed by atoms with Crippen LogP contribution in [-0.2, 0) is 24.3 Å². The van der Waals surface area contributed by atoms with Crippen molar-refractivity contribution in [3.63, 3.8) is 0 Å². The van der Waals surface area contributed by atoms with Crippen molar-refractivity contribution in [2.45, 2.75) is 4.90 Å². The Hall–Kier alpha value is -2.98. The number of sulfonamides is 1. The molecule has 2 aromatic carbocycles. The number of rotatable bonds is 8. The summed E-state index contributed by atoms with van der Waals surface area (Å²) in [4.78, 5) is 23.2. The summed E-state index contributed by atoms with van der Waals surface area (Å²) in [6.07, 6.45) is 0. The highest BCUT2D eigenvalue weighted by Gasteiger charge is 2.23. The Kier molecular flexibility index (Phi) is 7.07. The summed E-state index contributed by atoms with van der Waals surface area (Å²) in [5, 5.41) is 2.55. The quantitative estimate of drug-likeness (QED) is 0.664. The number of carbonyl (C=O) groups is 2. The second-order valence-electron chi connectivity index (χ2n) is 5.66. The van der Waals surface area contributed by atoms with E-state index in [9.17, 15) is 22.4 Å². The molecule has 28 heavy (non-hydrogen) atoms. The van der Waals surface area contributed by atoms with Gasteiger partial charge in [-0.25, -0.2) is 17.6 Å². The summed E-state index contributed by atoms with van der Waals surface area (Å²) in [7, 11) is -1.46. The average molecular weight is 410 g/mol. The van der Waals surface area contributed by atoms with Gasteiger partial charge >= 0.3 is 5.97 Å². The number of nitrogens with one attached hydrogen (secondary N) is 1. The van der Waals surface area contributed by atoms with E-state index in [-0.39, 0.29) is 11.5 Å². The molecule has 0 saturated heterocycles. The number of benzene rings is 2. The Morgan fingerprint density at radius 2 is 1.82 bits per heavy atom. The fourth-order valence-corrected chi connectivity index (χ4v) is 3.27. The first-order chi connectivity index (χ1) is 13.2. The molecular formula is C18H19FN2O6S.